The number of aromatic nitrogens is 1. The maximum absolute atomic E-state index is 12.5. The number of rotatable bonds is 4. The summed E-state index contributed by atoms with van der Waals surface area (Å²) in [6.07, 6.45) is 3.03. The molecule has 0 aromatic carbocycles. The smallest absolute Gasteiger partial charge is 0.374 e. The molecule has 1 aromatic heterocycles. The highest BCUT2D eigenvalue weighted by Gasteiger charge is 2.29. The largest absolute Gasteiger partial charge is 0.488 e. The Labute approximate surface area is 128 Å². The molecule has 2 atom stereocenters. The van der Waals surface area contributed by atoms with E-state index in [1.54, 1.807) is 4.90 Å². The van der Waals surface area contributed by atoms with E-state index in [4.69, 9.17) is 4.74 Å². The zero-order valence-corrected chi connectivity index (χ0v) is 13.0. The highest BCUT2D eigenvalue weighted by molar-refractivity contribution is 7.81. The summed E-state index contributed by atoms with van der Waals surface area (Å²) in [7, 11) is -5.15. The van der Waals surface area contributed by atoms with Gasteiger partial charge in [0.1, 0.15) is 0 Å². The number of amides is 1. The van der Waals surface area contributed by atoms with Crippen molar-refractivity contribution in [1.82, 2.24) is 9.88 Å². The summed E-state index contributed by atoms with van der Waals surface area (Å²) in [4.78, 5) is 17.9. The number of pyridine rings is 1. The molecule has 1 amide bonds. The first-order chi connectivity index (χ1) is 10.3. The number of nitrogens with zero attached hydrogens (tertiary/aromatic N) is 2. The third-order valence-corrected chi connectivity index (χ3v) is 3.77. The second kappa shape index (κ2) is 6.57. The first kappa shape index (κ1) is 16.6. The van der Waals surface area contributed by atoms with Crippen LogP contribution in [0.5, 0.6) is 5.75 Å². The van der Waals surface area contributed by atoms with Crippen molar-refractivity contribution in [2.75, 3.05) is 13.2 Å². The number of carbonyl (C=O) groups excluding carboxylic acids is 1. The summed E-state index contributed by atoms with van der Waals surface area (Å²) >= 11 is 0. The third kappa shape index (κ3) is 4.14. The fourth-order valence-corrected chi connectivity index (χ4v) is 2.53. The van der Waals surface area contributed by atoms with Crippen LogP contribution < -0.4 is 4.18 Å². The molecule has 1 aliphatic rings. The fourth-order valence-electron chi connectivity index (χ4n) is 2.21. The molecular formula is C13H17FN2O5S. The van der Waals surface area contributed by atoms with Crippen molar-refractivity contribution >= 4 is 16.4 Å². The van der Waals surface area contributed by atoms with E-state index in [-0.39, 0.29) is 29.4 Å². The van der Waals surface area contributed by atoms with Crippen molar-refractivity contribution < 1.29 is 26.0 Å². The van der Waals surface area contributed by atoms with Gasteiger partial charge in [0, 0.05) is 12.7 Å². The number of carbonyl (C=O) groups is 1. The van der Waals surface area contributed by atoms with E-state index in [1.165, 1.54) is 6.20 Å². The van der Waals surface area contributed by atoms with Gasteiger partial charge in [-0.2, -0.15) is 8.42 Å². The summed E-state index contributed by atoms with van der Waals surface area (Å²) in [6.45, 7) is 4.67. The first-order valence-corrected chi connectivity index (χ1v) is 8.12. The monoisotopic (exact) mass is 332 g/mol. The molecular weight excluding hydrogens is 315 g/mol. The van der Waals surface area contributed by atoms with Gasteiger partial charge < -0.3 is 13.8 Å². The minimum absolute atomic E-state index is 0.0428. The minimum Gasteiger partial charge on any atom is -0.374 e. The lowest BCUT2D eigenvalue weighted by Crippen LogP contribution is -2.50. The van der Waals surface area contributed by atoms with Crippen LogP contribution in [0.15, 0.2) is 18.5 Å². The molecule has 0 N–H and O–H groups in total. The van der Waals surface area contributed by atoms with E-state index < -0.39 is 10.5 Å². The molecule has 1 aromatic rings. The zero-order valence-electron chi connectivity index (χ0n) is 12.2. The topological polar surface area (TPSA) is 85.8 Å². The van der Waals surface area contributed by atoms with Crippen molar-refractivity contribution in [2.45, 2.75) is 32.4 Å². The van der Waals surface area contributed by atoms with E-state index in [1.807, 2.05) is 13.8 Å². The molecule has 7 nitrogen and oxygen atoms in total. The number of morpholine rings is 1. The van der Waals surface area contributed by atoms with Gasteiger partial charge in [0.2, 0.25) is 0 Å². The van der Waals surface area contributed by atoms with Gasteiger partial charge in [-0.3, -0.25) is 9.78 Å². The van der Waals surface area contributed by atoms with Crippen LogP contribution in [0.4, 0.5) is 3.89 Å². The Bertz CT molecular complexity index is 652. The maximum Gasteiger partial charge on any atom is 0.488 e. The van der Waals surface area contributed by atoms with E-state index in [2.05, 4.69) is 9.17 Å². The van der Waals surface area contributed by atoms with Gasteiger partial charge in [0.05, 0.1) is 30.5 Å². The molecule has 22 heavy (non-hydrogen) atoms. The van der Waals surface area contributed by atoms with Crippen molar-refractivity contribution in [3.8, 4) is 5.75 Å². The van der Waals surface area contributed by atoms with Crippen LogP contribution in [0.1, 0.15) is 30.6 Å². The molecule has 2 heterocycles. The Morgan fingerprint density at radius 1 is 1.55 bits per heavy atom. The van der Waals surface area contributed by atoms with Crippen molar-refractivity contribution in [3.05, 3.63) is 24.0 Å². The predicted octanol–water partition coefficient (Wildman–Crippen LogP) is 1.31. The van der Waals surface area contributed by atoms with Gasteiger partial charge in [-0.05, 0) is 19.4 Å². The zero-order chi connectivity index (χ0) is 16.3. The Hall–Kier alpha value is -1.74. The predicted molar refractivity (Wildman–Crippen MR) is 75.4 cm³/mol. The SMILES string of the molecule is CCC1CN(C(=O)c2cncc(OS(=O)(=O)F)c2)C(C)CO1. The molecule has 0 aliphatic carbocycles. The van der Waals surface area contributed by atoms with Crippen LogP contribution in [0.3, 0.4) is 0 Å². The molecule has 122 valence electrons. The van der Waals surface area contributed by atoms with Crippen LogP contribution in [-0.2, 0) is 15.2 Å². The standard InChI is InChI=1S/C13H17FN2O5S/c1-3-11-7-16(9(2)8-20-11)13(17)10-4-12(6-15-5-10)21-22(14,18)19/h4-6,9,11H,3,7-8H2,1-2H3. The van der Waals surface area contributed by atoms with Gasteiger partial charge >= 0.3 is 10.5 Å². The van der Waals surface area contributed by atoms with Crippen LogP contribution in [0.2, 0.25) is 0 Å². The molecule has 9 heteroatoms. The molecule has 2 rings (SSSR count). The quantitative estimate of drug-likeness (QED) is 0.773. The normalized spacial score (nSPS) is 22.4. The lowest BCUT2D eigenvalue weighted by atomic mass is 10.1. The van der Waals surface area contributed by atoms with Crippen LogP contribution in [0.25, 0.3) is 0 Å². The molecule has 1 fully saturated rings. The van der Waals surface area contributed by atoms with Crippen molar-refractivity contribution in [3.63, 3.8) is 0 Å². The Morgan fingerprint density at radius 2 is 2.27 bits per heavy atom. The van der Waals surface area contributed by atoms with E-state index in [0.717, 1.165) is 18.7 Å². The molecule has 2 unspecified atom stereocenters. The second-order valence-electron chi connectivity index (χ2n) is 5.06. The van der Waals surface area contributed by atoms with Gasteiger partial charge in [-0.1, -0.05) is 10.8 Å². The summed E-state index contributed by atoms with van der Waals surface area (Å²) in [6, 6.07) is 1.03. The van der Waals surface area contributed by atoms with Gasteiger partial charge in [-0.15, -0.1) is 0 Å². The van der Waals surface area contributed by atoms with E-state index in [0.29, 0.717) is 13.2 Å². The van der Waals surface area contributed by atoms with Gasteiger partial charge in [-0.25, -0.2) is 0 Å². The Balaban J connectivity index is 2.19. The molecule has 1 aliphatic heterocycles. The average molecular weight is 332 g/mol. The molecule has 0 saturated carbocycles. The number of halogens is 1. The summed E-state index contributed by atoms with van der Waals surface area (Å²) in [5.74, 6) is -0.676. The fraction of sp³-hybridized carbons (Fsp3) is 0.538. The van der Waals surface area contributed by atoms with Crippen LogP contribution in [-0.4, -0.2) is 49.5 Å². The van der Waals surface area contributed by atoms with Crippen LogP contribution in [0, 0.1) is 0 Å². The Kier molecular flexibility index (Phi) is 4.97. The van der Waals surface area contributed by atoms with Gasteiger partial charge in [0.15, 0.2) is 5.75 Å². The maximum atomic E-state index is 12.5. The summed E-state index contributed by atoms with van der Waals surface area (Å²) in [5, 5.41) is 0. The molecule has 0 radical (unpaired) electrons. The van der Waals surface area contributed by atoms with E-state index >= 15 is 0 Å². The molecule has 0 spiro atoms. The number of ether oxygens (including phenoxy) is 1. The van der Waals surface area contributed by atoms with Crippen molar-refractivity contribution in [2.24, 2.45) is 0 Å². The van der Waals surface area contributed by atoms with E-state index in [9.17, 15) is 17.1 Å². The van der Waals surface area contributed by atoms with Crippen molar-refractivity contribution in [1.29, 1.82) is 0 Å². The summed E-state index contributed by atoms with van der Waals surface area (Å²) < 4.78 is 43.2. The highest BCUT2D eigenvalue weighted by Crippen LogP contribution is 2.20. The summed E-state index contributed by atoms with van der Waals surface area (Å²) in [5.41, 5.74) is 0.129. The molecule has 1 saturated heterocycles. The average Bonchev–Trinajstić information content (AvgIpc) is 2.45. The lowest BCUT2D eigenvalue weighted by Gasteiger charge is -2.37. The number of hydrogen-bond donors (Lipinski definition) is 0. The van der Waals surface area contributed by atoms with Gasteiger partial charge in [0.25, 0.3) is 5.91 Å². The Morgan fingerprint density at radius 3 is 2.91 bits per heavy atom. The van der Waals surface area contributed by atoms with Crippen LogP contribution >= 0.6 is 0 Å². The molecule has 0 bridgehead atoms. The first-order valence-electron chi connectivity index (χ1n) is 6.82. The lowest BCUT2D eigenvalue weighted by molar-refractivity contribution is -0.0480. The second-order valence-corrected chi connectivity index (χ2v) is 6.01. The highest BCUT2D eigenvalue weighted by atomic mass is 32.3. The third-order valence-electron chi connectivity index (χ3n) is 3.38. The minimum atomic E-state index is -5.15. The number of hydrogen-bond acceptors (Lipinski definition) is 6.